The van der Waals surface area contributed by atoms with E-state index in [1.54, 1.807) is 12.1 Å². The van der Waals surface area contributed by atoms with Gasteiger partial charge in [0.05, 0.1) is 6.10 Å². The van der Waals surface area contributed by atoms with Crippen LogP contribution >= 0.6 is 22.6 Å². The van der Waals surface area contributed by atoms with E-state index in [9.17, 15) is 9.50 Å². The van der Waals surface area contributed by atoms with E-state index in [1.807, 2.05) is 38.1 Å². The molecule has 0 saturated carbocycles. The van der Waals surface area contributed by atoms with Crippen LogP contribution in [0.15, 0.2) is 48.5 Å². The van der Waals surface area contributed by atoms with Crippen LogP contribution in [0.25, 0.3) is 0 Å². The maximum absolute atomic E-state index is 13.0. The highest BCUT2D eigenvalue weighted by Gasteiger charge is 2.29. The van der Waals surface area contributed by atoms with Crippen molar-refractivity contribution in [2.45, 2.75) is 31.8 Å². The highest BCUT2D eigenvalue weighted by atomic mass is 127. The van der Waals surface area contributed by atoms with E-state index in [0.717, 1.165) is 11.1 Å². The van der Waals surface area contributed by atoms with Crippen LogP contribution < -0.4 is 0 Å². The lowest BCUT2D eigenvalue weighted by atomic mass is 9.77. The lowest BCUT2D eigenvalue weighted by Crippen LogP contribution is -2.35. The van der Waals surface area contributed by atoms with E-state index in [2.05, 4.69) is 22.6 Å². The fourth-order valence-electron chi connectivity index (χ4n) is 2.17. The fraction of sp³-hybridized carbons (Fsp3) is 0.294. The summed E-state index contributed by atoms with van der Waals surface area (Å²) >= 11 is 2.26. The van der Waals surface area contributed by atoms with Gasteiger partial charge < -0.3 is 5.11 Å². The maximum atomic E-state index is 13.0. The molecule has 0 bridgehead atoms. The van der Waals surface area contributed by atoms with Crippen molar-refractivity contribution >= 4 is 22.6 Å². The number of halogens is 2. The molecule has 0 fully saturated rings. The van der Waals surface area contributed by atoms with Gasteiger partial charge in [-0.3, -0.25) is 0 Å². The second kappa shape index (κ2) is 6.22. The zero-order valence-corrected chi connectivity index (χ0v) is 13.8. The Balaban J connectivity index is 2.16. The Kier molecular flexibility index (Phi) is 4.81. The van der Waals surface area contributed by atoms with Crippen molar-refractivity contribution in [3.8, 4) is 0 Å². The summed E-state index contributed by atoms with van der Waals surface area (Å²) in [6.45, 7) is 3.97. The smallest absolute Gasteiger partial charge is 0.123 e. The molecule has 0 aliphatic carbocycles. The molecule has 0 aliphatic heterocycles. The van der Waals surface area contributed by atoms with Gasteiger partial charge in [-0.2, -0.15) is 0 Å². The first-order valence-electron chi connectivity index (χ1n) is 6.58. The minimum Gasteiger partial charge on any atom is -0.392 e. The second-order valence-corrected chi connectivity index (χ2v) is 6.82. The standard InChI is InChI=1S/C17H18FIO/c1-17(2,13-5-7-14(18)8-6-13)16(20)11-12-3-9-15(19)10-4-12/h3-10,16,20H,11H2,1-2H3. The molecule has 1 unspecified atom stereocenters. The summed E-state index contributed by atoms with van der Waals surface area (Å²) in [6.07, 6.45) is 0.0643. The number of rotatable bonds is 4. The molecule has 1 nitrogen and oxygen atoms in total. The van der Waals surface area contributed by atoms with Gasteiger partial charge in [0.25, 0.3) is 0 Å². The summed E-state index contributed by atoms with van der Waals surface area (Å²) in [5, 5.41) is 10.5. The van der Waals surface area contributed by atoms with E-state index >= 15 is 0 Å². The van der Waals surface area contributed by atoms with Crippen LogP contribution in [0.4, 0.5) is 4.39 Å². The summed E-state index contributed by atoms with van der Waals surface area (Å²) in [6, 6.07) is 14.5. The predicted octanol–water partition coefficient (Wildman–Crippen LogP) is 4.31. The molecule has 20 heavy (non-hydrogen) atoms. The van der Waals surface area contributed by atoms with Crippen molar-refractivity contribution in [1.82, 2.24) is 0 Å². The summed E-state index contributed by atoms with van der Waals surface area (Å²) in [5.74, 6) is -0.253. The highest BCUT2D eigenvalue weighted by Crippen LogP contribution is 2.29. The molecule has 0 saturated heterocycles. The third-order valence-electron chi connectivity index (χ3n) is 3.76. The highest BCUT2D eigenvalue weighted by molar-refractivity contribution is 14.1. The first-order valence-corrected chi connectivity index (χ1v) is 7.66. The topological polar surface area (TPSA) is 20.2 Å². The number of benzene rings is 2. The van der Waals surface area contributed by atoms with Crippen LogP contribution in [0.2, 0.25) is 0 Å². The molecule has 0 amide bonds. The van der Waals surface area contributed by atoms with Crippen molar-refractivity contribution in [2.75, 3.05) is 0 Å². The van der Waals surface area contributed by atoms with E-state index < -0.39 is 11.5 Å². The Labute approximate surface area is 133 Å². The number of hydrogen-bond acceptors (Lipinski definition) is 1. The molecule has 1 N–H and O–H groups in total. The summed E-state index contributed by atoms with van der Waals surface area (Å²) in [5.41, 5.74) is 1.63. The molecule has 3 heteroatoms. The molecule has 1 atom stereocenters. The Morgan fingerprint density at radius 1 is 1.05 bits per heavy atom. The second-order valence-electron chi connectivity index (χ2n) is 5.57. The van der Waals surface area contributed by atoms with Crippen molar-refractivity contribution in [2.24, 2.45) is 0 Å². The van der Waals surface area contributed by atoms with Gasteiger partial charge in [-0.05, 0) is 64.4 Å². The number of aliphatic hydroxyl groups is 1. The largest absolute Gasteiger partial charge is 0.392 e. The van der Waals surface area contributed by atoms with E-state index in [-0.39, 0.29) is 5.82 Å². The van der Waals surface area contributed by atoms with Crippen LogP contribution in [0.3, 0.4) is 0 Å². The third kappa shape index (κ3) is 3.58. The van der Waals surface area contributed by atoms with Gasteiger partial charge in [-0.25, -0.2) is 4.39 Å². The predicted molar refractivity (Wildman–Crippen MR) is 88.3 cm³/mol. The molecule has 0 heterocycles. The minimum absolute atomic E-state index is 0.253. The first kappa shape index (κ1) is 15.4. The average Bonchev–Trinajstić information content (AvgIpc) is 2.42. The van der Waals surface area contributed by atoms with Crippen molar-refractivity contribution < 1.29 is 9.50 Å². The lowest BCUT2D eigenvalue weighted by molar-refractivity contribution is 0.0999. The SMILES string of the molecule is CC(C)(c1ccc(F)cc1)C(O)Cc1ccc(I)cc1. The molecule has 2 aromatic rings. The molecule has 106 valence electrons. The maximum Gasteiger partial charge on any atom is 0.123 e. The minimum atomic E-state index is -0.520. The van der Waals surface area contributed by atoms with Gasteiger partial charge in [0.2, 0.25) is 0 Å². The molecule has 2 rings (SSSR count). The Morgan fingerprint density at radius 2 is 1.60 bits per heavy atom. The van der Waals surface area contributed by atoms with Crippen LogP contribution in [0.5, 0.6) is 0 Å². The van der Waals surface area contributed by atoms with Crippen LogP contribution in [0, 0.1) is 9.39 Å². The fourth-order valence-corrected chi connectivity index (χ4v) is 2.53. The van der Waals surface area contributed by atoms with E-state index in [0.29, 0.717) is 6.42 Å². The Bertz CT molecular complexity index is 561. The average molecular weight is 384 g/mol. The monoisotopic (exact) mass is 384 g/mol. The normalized spacial score (nSPS) is 13.2. The van der Waals surface area contributed by atoms with Crippen LogP contribution in [-0.4, -0.2) is 11.2 Å². The molecular formula is C17H18FIO. The molecule has 0 radical (unpaired) electrons. The van der Waals surface area contributed by atoms with Gasteiger partial charge >= 0.3 is 0 Å². The van der Waals surface area contributed by atoms with Gasteiger partial charge in [0.15, 0.2) is 0 Å². The zero-order chi connectivity index (χ0) is 14.8. The zero-order valence-electron chi connectivity index (χ0n) is 11.6. The number of aliphatic hydroxyl groups excluding tert-OH is 1. The van der Waals surface area contributed by atoms with Gasteiger partial charge in [-0.1, -0.05) is 38.1 Å². The summed E-state index contributed by atoms with van der Waals surface area (Å²) in [4.78, 5) is 0. The molecule has 0 aliphatic rings. The third-order valence-corrected chi connectivity index (χ3v) is 4.48. The lowest BCUT2D eigenvalue weighted by Gasteiger charge is -2.31. The van der Waals surface area contributed by atoms with Crippen molar-refractivity contribution in [3.05, 3.63) is 69.0 Å². The van der Waals surface area contributed by atoms with Gasteiger partial charge in [-0.15, -0.1) is 0 Å². The molecule has 0 spiro atoms. The van der Waals surface area contributed by atoms with E-state index in [4.69, 9.17) is 0 Å². The Morgan fingerprint density at radius 3 is 2.15 bits per heavy atom. The number of hydrogen-bond donors (Lipinski definition) is 1. The van der Waals surface area contributed by atoms with E-state index in [1.165, 1.54) is 15.7 Å². The Hall–Kier alpha value is -0.940. The molecule has 2 aromatic carbocycles. The quantitative estimate of drug-likeness (QED) is 0.779. The first-order chi connectivity index (χ1) is 9.39. The van der Waals surface area contributed by atoms with Crippen molar-refractivity contribution in [1.29, 1.82) is 0 Å². The van der Waals surface area contributed by atoms with Gasteiger partial charge in [0.1, 0.15) is 5.82 Å². The summed E-state index contributed by atoms with van der Waals surface area (Å²) in [7, 11) is 0. The van der Waals surface area contributed by atoms with Gasteiger partial charge in [0, 0.05) is 8.99 Å². The van der Waals surface area contributed by atoms with Crippen LogP contribution in [-0.2, 0) is 11.8 Å². The molecule has 0 aromatic heterocycles. The molecular weight excluding hydrogens is 366 g/mol. The van der Waals surface area contributed by atoms with Crippen molar-refractivity contribution in [3.63, 3.8) is 0 Å². The summed E-state index contributed by atoms with van der Waals surface area (Å²) < 4.78 is 14.2. The van der Waals surface area contributed by atoms with Crippen LogP contribution in [0.1, 0.15) is 25.0 Å².